The molecule has 4 N–H and O–H groups in total. The van der Waals surface area contributed by atoms with Gasteiger partial charge in [-0.15, -0.1) is 0 Å². The number of nitrogens with zero attached hydrogens (tertiary/aromatic N) is 4. The third-order valence-electron chi connectivity index (χ3n) is 6.86. The monoisotopic (exact) mass is 534 g/mol. The van der Waals surface area contributed by atoms with Gasteiger partial charge in [-0.1, -0.05) is 29.8 Å². The molecule has 0 saturated heterocycles. The summed E-state index contributed by atoms with van der Waals surface area (Å²) in [4.78, 5) is 38.0. The van der Waals surface area contributed by atoms with E-state index in [0.29, 0.717) is 42.6 Å². The van der Waals surface area contributed by atoms with Crippen molar-refractivity contribution >= 4 is 38.7 Å². The Morgan fingerprint density at radius 1 is 1.03 bits per heavy atom. The van der Waals surface area contributed by atoms with Crippen LogP contribution in [0.5, 0.6) is 0 Å². The normalized spacial score (nSPS) is 17.8. The van der Waals surface area contributed by atoms with E-state index in [9.17, 15) is 23.1 Å². The van der Waals surface area contributed by atoms with E-state index in [1.165, 1.54) is 18.5 Å². The first-order valence-electron chi connectivity index (χ1n) is 12.1. The van der Waals surface area contributed by atoms with Gasteiger partial charge in [0.1, 0.15) is 17.5 Å². The van der Waals surface area contributed by atoms with Crippen molar-refractivity contribution in [1.82, 2.24) is 19.5 Å². The van der Waals surface area contributed by atoms with Gasteiger partial charge in [0, 0.05) is 17.3 Å². The molecule has 1 aliphatic carbocycles. The van der Waals surface area contributed by atoms with Crippen LogP contribution in [-0.2, 0) is 14.8 Å². The minimum atomic E-state index is -3.79. The van der Waals surface area contributed by atoms with Crippen molar-refractivity contribution in [3.8, 4) is 11.3 Å². The number of carbonyl (C=O) groups is 1. The van der Waals surface area contributed by atoms with Crippen LogP contribution in [0, 0.1) is 12.8 Å². The van der Waals surface area contributed by atoms with Gasteiger partial charge >= 0.3 is 5.97 Å². The Balaban J connectivity index is 1.51. The number of carboxylic acids is 1. The van der Waals surface area contributed by atoms with Crippen LogP contribution in [0.4, 0.5) is 11.5 Å². The van der Waals surface area contributed by atoms with Crippen molar-refractivity contribution in [2.45, 2.75) is 43.5 Å². The van der Waals surface area contributed by atoms with Gasteiger partial charge in [0.25, 0.3) is 15.6 Å². The number of sulfonamides is 1. The van der Waals surface area contributed by atoms with Crippen LogP contribution in [0.2, 0.25) is 0 Å². The number of rotatable bonds is 6. The number of nitrogens with two attached hydrogens (primary N) is 1. The summed E-state index contributed by atoms with van der Waals surface area (Å²) in [5, 5.41) is 9.36. The molecule has 0 atom stereocenters. The van der Waals surface area contributed by atoms with E-state index >= 15 is 0 Å². The lowest BCUT2D eigenvalue weighted by Crippen LogP contribution is -2.32. The molecule has 11 nitrogen and oxygen atoms in total. The second kappa shape index (κ2) is 9.86. The Labute approximate surface area is 218 Å². The van der Waals surface area contributed by atoms with Crippen LogP contribution in [0.25, 0.3) is 22.4 Å². The van der Waals surface area contributed by atoms with Crippen molar-refractivity contribution in [3.05, 3.63) is 70.8 Å². The lowest BCUT2D eigenvalue weighted by atomic mass is 9.86. The predicted molar refractivity (Wildman–Crippen MR) is 142 cm³/mol. The lowest BCUT2D eigenvalue weighted by Gasteiger charge is -2.28. The highest BCUT2D eigenvalue weighted by Crippen LogP contribution is 2.34. The van der Waals surface area contributed by atoms with E-state index in [4.69, 9.17) is 5.73 Å². The molecule has 0 bridgehead atoms. The molecular formula is C26H26N6O5S. The summed E-state index contributed by atoms with van der Waals surface area (Å²) in [6.45, 7) is 1.87. The Kier molecular flexibility index (Phi) is 6.57. The molecule has 1 fully saturated rings. The molecule has 1 saturated carbocycles. The van der Waals surface area contributed by atoms with E-state index in [1.807, 2.05) is 6.92 Å². The zero-order chi connectivity index (χ0) is 27.0. The second-order valence-corrected chi connectivity index (χ2v) is 11.1. The van der Waals surface area contributed by atoms with E-state index in [-0.39, 0.29) is 33.5 Å². The Bertz CT molecular complexity index is 1680. The largest absolute Gasteiger partial charge is 0.481 e. The first-order chi connectivity index (χ1) is 18.1. The van der Waals surface area contributed by atoms with E-state index in [1.54, 1.807) is 41.0 Å². The quantitative estimate of drug-likeness (QED) is 0.335. The molecule has 2 heterocycles. The fraction of sp³-hybridized carbons (Fsp3) is 0.269. The number of aliphatic carboxylic acids is 1. The second-order valence-electron chi connectivity index (χ2n) is 9.41. The molecule has 196 valence electrons. The molecule has 0 spiro atoms. The van der Waals surface area contributed by atoms with Gasteiger partial charge in [-0.05, 0) is 56.9 Å². The van der Waals surface area contributed by atoms with Crippen molar-refractivity contribution in [2.75, 3.05) is 10.5 Å². The third-order valence-corrected chi connectivity index (χ3v) is 8.25. The smallest absolute Gasteiger partial charge is 0.306 e. The van der Waals surface area contributed by atoms with Gasteiger partial charge in [-0.25, -0.2) is 23.4 Å². The van der Waals surface area contributed by atoms with Crippen molar-refractivity contribution in [3.63, 3.8) is 0 Å². The first-order valence-corrected chi connectivity index (χ1v) is 13.6. The fourth-order valence-corrected chi connectivity index (χ4v) is 5.83. The molecule has 0 aliphatic heterocycles. The molecule has 0 radical (unpaired) electrons. The van der Waals surface area contributed by atoms with Gasteiger partial charge in [0.05, 0.1) is 10.8 Å². The summed E-state index contributed by atoms with van der Waals surface area (Å²) in [6.07, 6.45) is 3.16. The summed E-state index contributed by atoms with van der Waals surface area (Å²) in [5.74, 6) is -1.15. The summed E-state index contributed by atoms with van der Waals surface area (Å²) in [5.41, 5.74) is 8.12. The number of hydrogen-bond donors (Lipinski definition) is 3. The molecule has 0 amide bonds. The van der Waals surface area contributed by atoms with Crippen molar-refractivity contribution in [1.29, 1.82) is 0 Å². The minimum Gasteiger partial charge on any atom is -0.481 e. The maximum Gasteiger partial charge on any atom is 0.306 e. The highest BCUT2D eigenvalue weighted by Gasteiger charge is 2.30. The first kappa shape index (κ1) is 25.3. The molecular weight excluding hydrogens is 508 g/mol. The van der Waals surface area contributed by atoms with Gasteiger partial charge in [-0.2, -0.15) is 0 Å². The summed E-state index contributed by atoms with van der Waals surface area (Å²) >= 11 is 0. The van der Waals surface area contributed by atoms with Crippen molar-refractivity contribution in [2.24, 2.45) is 5.92 Å². The SMILES string of the molecule is Cc1ccc(S(=O)(=O)Nc2ccc(-c3nc4c(N)ncnc4n(C4CCC(C(=O)O)CC4)c3=O)cc2)cc1. The van der Waals surface area contributed by atoms with Gasteiger partial charge in [0.2, 0.25) is 0 Å². The Morgan fingerprint density at radius 3 is 2.32 bits per heavy atom. The van der Waals surface area contributed by atoms with Gasteiger partial charge < -0.3 is 10.8 Å². The number of aromatic nitrogens is 4. The van der Waals surface area contributed by atoms with Crippen LogP contribution in [0.1, 0.15) is 37.3 Å². The average molecular weight is 535 g/mol. The van der Waals surface area contributed by atoms with E-state index in [2.05, 4.69) is 19.7 Å². The zero-order valence-electron chi connectivity index (χ0n) is 20.5. The average Bonchev–Trinajstić information content (AvgIpc) is 2.89. The van der Waals surface area contributed by atoms with Gasteiger partial charge in [-0.3, -0.25) is 18.9 Å². The number of anilines is 2. The van der Waals surface area contributed by atoms with Crippen LogP contribution in [0.15, 0.2) is 64.5 Å². The number of nitrogens with one attached hydrogen (secondary N) is 1. The number of fused-ring (bicyclic) bond motifs is 1. The zero-order valence-corrected chi connectivity index (χ0v) is 21.4. The molecule has 2 aromatic carbocycles. The predicted octanol–water partition coefficient (Wildman–Crippen LogP) is 3.36. The number of nitrogen functional groups attached to an aromatic ring is 1. The molecule has 38 heavy (non-hydrogen) atoms. The van der Waals surface area contributed by atoms with Crippen LogP contribution < -0.4 is 16.0 Å². The fourth-order valence-electron chi connectivity index (χ4n) is 4.77. The molecule has 5 rings (SSSR count). The molecule has 4 aromatic rings. The van der Waals surface area contributed by atoms with Gasteiger partial charge in [0.15, 0.2) is 11.5 Å². The highest BCUT2D eigenvalue weighted by molar-refractivity contribution is 7.92. The molecule has 0 unspecified atom stereocenters. The molecule has 1 aliphatic rings. The minimum absolute atomic E-state index is 0.117. The van der Waals surface area contributed by atoms with Crippen LogP contribution >= 0.6 is 0 Å². The van der Waals surface area contributed by atoms with E-state index in [0.717, 1.165) is 5.56 Å². The standard InChI is InChI=1S/C26H26N6O5S/c1-15-2-12-20(13-3-15)38(36,37)31-18-8-4-16(5-9-18)21-25(33)32(19-10-6-17(7-11-19)26(34)35)24-22(30-21)23(27)28-14-29-24/h2-5,8-9,12-14,17,19,31H,6-7,10-11H2,1H3,(H,34,35)(H2,27,28,29). The Morgan fingerprint density at radius 2 is 1.68 bits per heavy atom. The van der Waals surface area contributed by atoms with Crippen molar-refractivity contribution < 1.29 is 18.3 Å². The summed E-state index contributed by atoms with van der Waals surface area (Å²) in [6, 6.07) is 12.6. The number of hydrogen-bond acceptors (Lipinski definition) is 8. The Hall–Kier alpha value is -4.32. The maximum atomic E-state index is 13.7. The van der Waals surface area contributed by atoms with Crippen LogP contribution in [0.3, 0.4) is 0 Å². The van der Waals surface area contributed by atoms with E-state index < -0.39 is 21.9 Å². The number of carboxylic acid groups (broad SMARTS) is 1. The summed E-state index contributed by atoms with van der Waals surface area (Å²) < 4.78 is 29.6. The topological polar surface area (TPSA) is 170 Å². The van der Waals surface area contributed by atoms with Crippen LogP contribution in [-0.4, -0.2) is 39.0 Å². The molecule has 2 aromatic heterocycles. The number of benzene rings is 2. The maximum absolute atomic E-state index is 13.7. The third kappa shape index (κ3) is 4.82. The lowest BCUT2D eigenvalue weighted by molar-refractivity contribution is -0.143. The summed E-state index contributed by atoms with van der Waals surface area (Å²) in [7, 11) is -3.79. The number of aryl methyl sites for hydroxylation is 1. The molecule has 12 heteroatoms. The highest BCUT2D eigenvalue weighted by atomic mass is 32.2.